The zero-order chi connectivity index (χ0) is 23.5. The van der Waals surface area contributed by atoms with E-state index in [1.165, 1.54) is 0 Å². The fraction of sp³-hybridized carbons (Fsp3) is 0.708. The minimum atomic E-state index is -3.11. The van der Waals surface area contributed by atoms with E-state index in [2.05, 4.69) is 0 Å². The van der Waals surface area contributed by atoms with Crippen LogP contribution in [0, 0.1) is 5.92 Å². The lowest BCUT2D eigenvalue weighted by Crippen LogP contribution is -2.50. The topological polar surface area (TPSA) is 72.9 Å². The minimum Gasteiger partial charge on any atom is -0.348 e. The summed E-state index contributed by atoms with van der Waals surface area (Å²) in [5.41, 5.74) is 1.04. The maximum absolute atomic E-state index is 13.8. The van der Waals surface area contributed by atoms with Crippen LogP contribution >= 0.6 is 11.6 Å². The SMILES string of the molecule is CCC(CCS(=O)(=O)CC)N1C(=O)C(CC2COC(C)(C)O2)CC[C@H]1c1ccc(Cl)cc1. The van der Waals surface area contributed by atoms with E-state index in [0.29, 0.717) is 30.9 Å². The maximum atomic E-state index is 13.8. The summed E-state index contributed by atoms with van der Waals surface area (Å²) in [4.78, 5) is 15.7. The molecule has 2 aliphatic heterocycles. The molecule has 2 saturated heterocycles. The predicted octanol–water partition coefficient (Wildman–Crippen LogP) is 4.76. The Morgan fingerprint density at radius 3 is 2.44 bits per heavy atom. The largest absolute Gasteiger partial charge is 0.348 e. The van der Waals surface area contributed by atoms with Crippen molar-refractivity contribution in [2.24, 2.45) is 5.92 Å². The van der Waals surface area contributed by atoms with E-state index in [0.717, 1.165) is 18.4 Å². The molecule has 0 aliphatic carbocycles. The average molecular weight is 486 g/mol. The number of amides is 1. The number of carbonyl (C=O) groups is 1. The van der Waals surface area contributed by atoms with Gasteiger partial charge in [0.2, 0.25) is 5.91 Å². The highest BCUT2D eigenvalue weighted by molar-refractivity contribution is 7.91. The second-order valence-electron chi connectivity index (χ2n) is 9.36. The van der Waals surface area contributed by atoms with E-state index in [4.69, 9.17) is 21.1 Å². The van der Waals surface area contributed by atoms with Gasteiger partial charge in [-0.2, -0.15) is 0 Å². The van der Waals surface area contributed by atoms with Crippen LogP contribution in [0.4, 0.5) is 0 Å². The monoisotopic (exact) mass is 485 g/mol. The fourth-order valence-electron chi connectivity index (χ4n) is 4.85. The number of hydrogen-bond acceptors (Lipinski definition) is 5. The lowest BCUT2D eigenvalue weighted by atomic mass is 9.83. The van der Waals surface area contributed by atoms with Crippen molar-refractivity contribution in [1.29, 1.82) is 0 Å². The number of halogens is 1. The molecule has 3 rings (SSSR count). The molecule has 0 N–H and O–H groups in total. The number of rotatable bonds is 9. The molecule has 1 aromatic rings. The summed E-state index contributed by atoms with van der Waals surface area (Å²) >= 11 is 6.09. The maximum Gasteiger partial charge on any atom is 0.226 e. The second kappa shape index (κ2) is 10.4. The molecule has 2 aliphatic rings. The van der Waals surface area contributed by atoms with Gasteiger partial charge in [-0.25, -0.2) is 8.42 Å². The lowest BCUT2D eigenvalue weighted by Gasteiger charge is -2.44. The number of ether oxygens (including phenoxy) is 2. The van der Waals surface area contributed by atoms with Gasteiger partial charge in [0, 0.05) is 22.7 Å². The molecule has 1 aromatic carbocycles. The standard InChI is InChI=1S/C24H36ClNO5S/c1-5-20(13-14-32(28,29)6-2)26-22(17-7-10-19(25)11-8-17)12-9-18(23(26)27)15-21-16-30-24(3,4)31-21/h7-8,10-11,18,20-22H,5-6,9,12-16H2,1-4H3/t18?,20?,21?,22-/m0/s1. The van der Waals surface area contributed by atoms with Gasteiger partial charge in [-0.15, -0.1) is 0 Å². The number of carbonyl (C=O) groups excluding carboxylic acids is 1. The molecule has 0 radical (unpaired) electrons. The zero-order valence-electron chi connectivity index (χ0n) is 19.6. The highest BCUT2D eigenvalue weighted by Gasteiger charge is 2.42. The molecular formula is C24H36ClNO5S. The third-order valence-corrected chi connectivity index (χ3v) is 8.65. The van der Waals surface area contributed by atoms with Crippen molar-refractivity contribution in [3.05, 3.63) is 34.9 Å². The van der Waals surface area contributed by atoms with E-state index in [1.54, 1.807) is 6.92 Å². The summed E-state index contributed by atoms with van der Waals surface area (Å²) in [7, 11) is -3.11. The Morgan fingerprint density at radius 2 is 1.88 bits per heavy atom. The molecule has 0 saturated carbocycles. The Balaban J connectivity index is 1.83. The number of likely N-dealkylation sites (tertiary alicyclic amines) is 1. The molecule has 0 spiro atoms. The first-order valence-electron chi connectivity index (χ1n) is 11.6. The van der Waals surface area contributed by atoms with E-state index in [1.807, 2.05) is 49.9 Å². The molecule has 0 bridgehead atoms. The van der Waals surface area contributed by atoms with Gasteiger partial charge in [0.15, 0.2) is 5.79 Å². The molecule has 6 nitrogen and oxygen atoms in total. The van der Waals surface area contributed by atoms with Crippen molar-refractivity contribution in [2.75, 3.05) is 18.1 Å². The van der Waals surface area contributed by atoms with Crippen LogP contribution in [0.25, 0.3) is 0 Å². The van der Waals surface area contributed by atoms with E-state index < -0.39 is 15.6 Å². The molecule has 8 heteroatoms. The summed E-state index contributed by atoms with van der Waals surface area (Å²) in [6, 6.07) is 7.42. The van der Waals surface area contributed by atoms with Crippen LogP contribution in [0.5, 0.6) is 0 Å². The molecule has 1 amide bonds. The molecule has 2 heterocycles. The van der Waals surface area contributed by atoms with E-state index >= 15 is 0 Å². The van der Waals surface area contributed by atoms with E-state index in [-0.39, 0.29) is 41.5 Å². The highest BCUT2D eigenvalue weighted by Crippen LogP contribution is 2.40. The van der Waals surface area contributed by atoms with Gasteiger partial charge >= 0.3 is 0 Å². The predicted molar refractivity (Wildman–Crippen MR) is 126 cm³/mol. The number of sulfone groups is 1. The smallest absolute Gasteiger partial charge is 0.226 e. The van der Waals surface area contributed by atoms with Gasteiger partial charge in [0.1, 0.15) is 9.84 Å². The number of nitrogens with zero attached hydrogens (tertiary/aromatic N) is 1. The van der Waals surface area contributed by atoms with Gasteiger partial charge in [-0.05, 0) is 63.6 Å². The summed E-state index contributed by atoms with van der Waals surface area (Å²) in [5.74, 6) is -0.468. The Hall–Kier alpha value is -1.15. The van der Waals surface area contributed by atoms with Crippen LogP contribution in [-0.2, 0) is 24.1 Å². The van der Waals surface area contributed by atoms with Crippen molar-refractivity contribution in [2.45, 2.75) is 83.8 Å². The zero-order valence-corrected chi connectivity index (χ0v) is 21.1. The van der Waals surface area contributed by atoms with Crippen LogP contribution < -0.4 is 0 Å². The first-order valence-corrected chi connectivity index (χ1v) is 13.8. The Morgan fingerprint density at radius 1 is 1.19 bits per heavy atom. The molecule has 0 aromatic heterocycles. The number of hydrogen-bond donors (Lipinski definition) is 0. The van der Waals surface area contributed by atoms with Gasteiger partial charge < -0.3 is 14.4 Å². The normalized spacial score (nSPS) is 27.0. The third kappa shape index (κ3) is 6.25. The molecule has 32 heavy (non-hydrogen) atoms. The van der Waals surface area contributed by atoms with Crippen LogP contribution in [0.2, 0.25) is 5.02 Å². The quantitative estimate of drug-likeness (QED) is 0.504. The van der Waals surface area contributed by atoms with Gasteiger partial charge in [0.25, 0.3) is 0 Å². The average Bonchev–Trinajstić information content (AvgIpc) is 3.09. The highest BCUT2D eigenvalue weighted by atomic mass is 35.5. The van der Waals surface area contributed by atoms with Crippen molar-refractivity contribution < 1.29 is 22.7 Å². The van der Waals surface area contributed by atoms with Gasteiger partial charge in [0.05, 0.1) is 24.5 Å². The summed E-state index contributed by atoms with van der Waals surface area (Å²) in [6.07, 6.45) is 3.27. The molecule has 2 fully saturated rings. The van der Waals surface area contributed by atoms with Crippen molar-refractivity contribution >= 4 is 27.3 Å². The lowest BCUT2D eigenvalue weighted by molar-refractivity contribution is -0.153. The first kappa shape index (κ1) is 25.5. The fourth-order valence-corrected chi connectivity index (χ4v) is 5.89. The van der Waals surface area contributed by atoms with Crippen molar-refractivity contribution in [3.8, 4) is 0 Å². The third-order valence-electron chi connectivity index (χ3n) is 6.66. The van der Waals surface area contributed by atoms with Crippen LogP contribution in [-0.4, -0.2) is 55.3 Å². The van der Waals surface area contributed by atoms with Crippen molar-refractivity contribution in [3.63, 3.8) is 0 Å². The summed E-state index contributed by atoms with van der Waals surface area (Å²) in [5, 5.41) is 0.655. The minimum absolute atomic E-state index is 0.0810. The van der Waals surface area contributed by atoms with Crippen LogP contribution in [0.1, 0.15) is 71.4 Å². The first-order chi connectivity index (χ1) is 15.0. The van der Waals surface area contributed by atoms with Gasteiger partial charge in [-0.3, -0.25) is 4.79 Å². The summed E-state index contributed by atoms with van der Waals surface area (Å²) < 4.78 is 36.0. The number of benzene rings is 1. The van der Waals surface area contributed by atoms with Crippen LogP contribution in [0.15, 0.2) is 24.3 Å². The van der Waals surface area contributed by atoms with E-state index in [9.17, 15) is 13.2 Å². The molecule has 3 unspecified atom stereocenters. The number of piperidine rings is 1. The Labute approximate surface area is 197 Å². The second-order valence-corrected chi connectivity index (χ2v) is 12.3. The van der Waals surface area contributed by atoms with Crippen LogP contribution in [0.3, 0.4) is 0 Å². The van der Waals surface area contributed by atoms with Gasteiger partial charge in [-0.1, -0.05) is 37.6 Å². The molecule has 180 valence electrons. The van der Waals surface area contributed by atoms with Crippen molar-refractivity contribution in [1.82, 2.24) is 4.90 Å². The Kier molecular flexibility index (Phi) is 8.29. The molecular weight excluding hydrogens is 450 g/mol. The Bertz CT molecular complexity index is 886. The summed E-state index contributed by atoms with van der Waals surface area (Å²) in [6.45, 7) is 7.96. The molecule has 4 atom stereocenters.